The fraction of sp³-hybridized carbons (Fsp3) is 0.625. The van der Waals surface area contributed by atoms with Crippen LogP contribution in [0.4, 0.5) is 0 Å². The third-order valence-corrected chi connectivity index (χ3v) is 3.78. The first-order valence-electron chi connectivity index (χ1n) is 7.18. The summed E-state index contributed by atoms with van der Waals surface area (Å²) < 4.78 is 11.0. The van der Waals surface area contributed by atoms with Gasteiger partial charge in [-0.05, 0) is 37.7 Å². The molecule has 1 aliphatic heterocycles. The van der Waals surface area contributed by atoms with Gasteiger partial charge in [0.1, 0.15) is 6.10 Å². The molecule has 3 heteroatoms. The highest BCUT2D eigenvalue weighted by Crippen LogP contribution is 2.25. The summed E-state index contributed by atoms with van der Waals surface area (Å²) >= 11 is 0. The van der Waals surface area contributed by atoms with E-state index >= 15 is 0 Å². The van der Waals surface area contributed by atoms with Crippen molar-refractivity contribution in [1.82, 2.24) is 0 Å². The molecular weight excluding hydrogens is 240 g/mol. The lowest BCUT2D eigenvalue weighted by Crippen LogP contribution is -2.20. The maximum atomic E-state index is 10.3. The van der Waals surface area contributed by atoms with Gasteiger partial charge in [-0.15, -0.1) is 0 Å². The molecule has 0 amide bonds. The fourth-order valence-corrected chi connectivity index (χ4v) is 2.74. The van der Waals surface area contributed by atoms with Crippen LogP contribution in [0.15, 0.2) is 30.3 Å². The number of hydrogen-bond donors (Lipinski definition) is 1. The molecule has 2 rings (SSSR count). The number of benzene rings is 1. The molecule has 0 aromatic heterocycles. The molecule has 0 spiro atoms. The normalized spacial score (nSPS) is 22.3. The summed E-state index contributed by atoms with van der Waals surface area (Å²) in [6, 6.07) is 9.91. The molecule has 0 radical (unpaired) electrons. The van der Waals surface area contributed by atoms with Crippen molar-refractivity contribution in [3.63, 3.8) is 0 Å². The summed E-state index contributed by atoms with van der Waals surface area (Å²) in [4.78, 5) is 0. The van der Waals surface area contributed by atoms with Crippen LogP contribution in [0.3, 0.4) is 0 Å². The molecule has 3 unspecified atom stereocenters. The Morgan fingerprint density at radius 2 is 2.16 bits per heavy atom. The van der Waals surface area contributed by atoms with Gasteiger partial charge < -0.3 is 14.6 Å². The standard InChI is InChI=1S/C16H24O3/c1-18-16(13-7-3-2-4-8-13)15(17)11-5-9-14-10-6-12-19-14/h2-4,7-8,14-17H,5-6,9-12H2,1H3. The third-order valence-electron chi connectivity index (χ3n) is 3.78. The van der Waals surface area contributed by atoms with Gasteiger partial charge >= 0.3 is 0 Å². The van der Waals surface area contributed by atoms with Crippen LogP contribution < -0.4 is 0 Å². The van der Waals surface area contributed by atoms with E-state index in [1.165, 1.54) is 12.8 Å². The molecule has 1 aliphatic rings. The van der Waals surface area contributed by atoms with Crippen LogP contribution in [0.5, 0.6) is 0 Å². The summed E-state index contributed by atoms with van der Waals surface area (Å²) in [6.07, 6.45) is 4.86. The van der Waals surface area contributed by atoms with Crippen molar-refractivity contribution in [3.8, 4) is 0 Å². The molecule has 3 atom stereocenters. The molecule has 0 saturated carbocycles. The maximum absolute atomic E-state index is 10.3. The fourth-order valence-electron chi connectivity index (χ4n) is 2.74. The van der Waals surface area contributed by atoms with Gasteiger partial charge in [-0.2, -0.15) is 0 Å². The monoisotopic (exact) mass is 264 g/mol. The highest BCUT2D eigenvalue weighted by Gasteiger charge is 2.21. The van der Waals surface area contributed by atoms with Crippen molar-refractivity contribution >= 4 is 0 Å². The van der Waals surface area contributed by atoms with E-state index < -0.39 is 6.10 Å². The molecule has 1 aromatic carbocycles. The van der Waals surface area contributed by atoms with Crippen molar-refractivity contribution in [1.29, 1.82) is 0 Å². The predicted molar refractivity (Wildman–Crippen MR) is 75.0 cm³/mol. The number of ether oxygens (including phenoxy) is 2. The van der Waals surface area contributed by atoms with Crippen molar-refractivity contribution in [2.24, 2.45) is 0 Å². The molecule has 1 aromatic rings. The van der Waals surface area contributed by atoms with Crippen molar-refractivity contribution < 1.29 is 14.6 Å². The molecule has 1 saturated heterocycles. The van der Waals surface area contributed by atoms with Crippen LogP contribution in [-0.4, -0.2) is 31.0 Å². The highest BCUT2D eigenvalue weighted by molar-refractivity contribution is 5.18. The molecule has 1 N–H and O–H groups in total. The second-order valence-corrected chi connectivity index (χ2v) is 5.20. The van der Waals surface area contributed by atoms with Gasteiger partial charge in [0.25, 0.3) is 0 Å². The van der Waals surface area contributed by atoms with Crippen LogP contribution >= 0.6 is 0 Å². The number of methoxy groups -OCH3 is 1. The Morgan fingerprint density at radius 1 is 1.37 bits per heavy atom. The first kappa shape index (κ1) is 14.5. The van der Waals surface area contributed by atoms with Gasteiger partial charge in [0.15, 0.2) is 0 Å². The zero-order valence-electron chi connectivity index (χ0n) is 11.6. The van der Waals surface area contributed by atoms with Crippen molar-refractivity contribution in [2.75, 3.05) is 13.7 Å². The van der Waals surface area contributed by atoms with Gasteiger partial charge in [0, 0.05) is 13.7 Å². The van der Waals surface area contributed by atoms with Gasteiger partial charge in [-0.3, -0.25) is 0 Å². The Balaban J connectivity index is 1.78. The number of aliphatic hydroxyl groups is 1. The quantitative estimate of drug-likeness (QED) is 0.822. The van der Waals surface area contributed by atoms with Crippen LogP contribution in [0.1, 0.15) is 43.8 Å². The molecular formula is C16H24O3. The SMILES string of the molecule is COC(c1ccccc1)C(O)CCCC1CCCO1. The average Bonchev–Trinajstić information content (AvgIpc) is 2.94. The zero-order valence-corrected chi connectivity index (χ0v) is 11.6. The molecule has 19 heavy (non-hydrogen) atoms. The van der Waals surface area contributed by atoms with Crippen molar-refractivity contribution in [2.45, 2.75) is 50.4 Å². The topological polar surface area (TPSA) is 38.7 Å². The zero-order chi connectivity index (χ0) is 13.5. The first-order valence-corrected chi connectivity index (χ1v) is 7.18. The minimum atomic E-state index is -0.450. The van der Waals surface area contributed by atoms with E-state index in [2.05, 4.69) is 0 Å². The summed E-state index contributed by atoms with van der Waals surface area (Å²) in [5, 5.41) is 10.3. The summed E-state index contributed by atoms with van der Waals surface area (Å²) in [5.74, 6) is 0. The molecule has 0 aliphatic carbocycles. The number of rotatable bonds is 7. The van der Waals surface area contributed by atoms with E-state index in [1.807, 2.05) is 30.3 Å². The molecule has 106 valence electrons. The predicted octanol–water partition coefficient (Wildman–Crippen LogP) is 3.08. The molecule has 3 nitrogen and oxygen atoms in total. The summed E-state index contributed by atoms with van der Waals surface area (Å²) in [6.45, 7) is 0.901. The van der Waals surface area contributed by atoms with Gasteiger partial charge in [0.2, 0.25) is 0 Å². The second kappa shape index (κ2) is 7.63. The second-order valence-electron chi connectivity index (χ2n) is 5.20. The summed E-state index contributed by atoms with van der Waals surface area (Å²) in [7, 11) is 1.65. The number of hydrogen-bond acceptors (Lipinski definition) is 3. The van der Waals surface area contributed by atoms with Gasteiger partial charge in [0.05, 0.1) is 12.2 Å². The Kier molecular flexibility index (Phi) is 5.83. The smallest absolute Gasteiger partial charge is 0.108 e. The van der Waals surface area contributed by atoms with E-state index in [0.29, 0.717) is 6.10 Å². The van der Waals surface area contributed by atoms with Gasteiger partial charge in [-0.25, -0.2) is 0 Å². The lowest BCUT2D eigenvalue weighted by atomic mass is 9.99. The van der Waals surface area contributed by atoms with E-state index in [4.69, 9.17) is 9.47 Å². The minimum absolute atomic E-state index is 0.231. The Hall–Kier alpha value is -0.900. The van der Waals surface area contributed by atoms with E-state index in [9.17, 15) is 5.11 Å². The molecule has 1 fully saturated rings. The molecule has 1 heterocycles. The van der Waals surface area contributed by atoms with E-state index in [0.717, 1.165) is 31.4 Å². The van der Waals surface area contributed by atoms with Crippen LogP contribution in [0.2, 0.25) is 0 Å². The Morgan fingerprint density at radius 3 is 2.79 bits per heavy atom. The number of aliphatic hydroxyl groups excluding tert-OH is 1. The molecule has 0 bridgehead atoms. The lowest BCUT2D eigenvalue weighted by Gasteiger charge is -2.22. The Labute approximate surface area is 115 Å². The van der Waals surface area contributed by atoms with E-state index in [-0.39, 0.29) is 6.10 Å². The van der Waals surface area contributed by atoms with Crippen LogP contribution in [0.25, 0.3) is 0 Å². The van der Waals surface area contributed by atoms with Crippen LogP contribution in [-0.2, 0) is 9.47 Å². The lowest BCUT2D eigenvalue weighted by molar-refractivity contribution is -0.0199. The third kappa shape index (κ3) is 4.30. The van der Waals surface area contributed by atoms with Crippen LogP contribution in [0, 0.1) is 0 Å². The minimum Gasteiger partial charge on any atom is -0.390 e. The van der Waals surface area contributed by atoms with Crippen molar-refractivity contribution in [3.05, 3.63) is 35.9 Å². The highest BCUT2D eigenvalue weighted by atomic mass is 16.5. The van der Waals surface area contributed by atoms with E-state index in [1.54, 1.807) is 7.11 Å². The average molecular weight is 264 g/mol. The largest absolute Gasteiger partial charge is 0.390 e. The first-order chi connectivity index (χ1) is 9.31. The van der Waals surface area contributed by atoms with Gasteiger partial charge in [-0.1, -0.05) is 30.3 Å². The summed E-state index contributed by atoms with van der Waals surface area (Å²) in [5.41, 5.74) is 1.04. The Bertz CT molecular complexity index is 346. The maximum Gasteiger partial charge on any atom is 0.108 e.